The molecule has 0 radical (unpaired) electrons. The molecule has 2 saturated heterocycles. The minimum absolute atomic E-state index is 0.00890. The van der Waals surface area contributed by atoms with E-state index in [1.54, 1.807) is 0 Å². The van der Waals surface area contributed by atoms with E-state index in [-0.39, 0.29) is 11.7 Å². The predicted octanol–water partition coefficient (Wildman–Crippen LogP) is 4.77. The highest BCUT2D eigenvalue weighted by Crippen LogP contribution is 2.40. The van der Waals surface area contributed by atoms with Gasteiger partial charge in [0.05, 0.1) is 13.7 Å². The second-order valence-corrected chi connectivity index (χ2v) is 9.69. The molecule has 2 aliphatic heterocycles. The van der Waals surface area contributed by atoms with Crippen LogP contribution in [0.4, 0.5) is 10.1 Å². The Morgan fingerprint density at radius 2 is 1.94 bits per heavy atom. The second-order valence-electron chi connectivity index (χ2n) is 9.69. The summed E-state index contributed by atoms with van der Waals surface area (Å²) in [5.74, 6) is 0.899. The van der Waals surface area contributed by atoms with Crippen molar-refractivity contribution in [2.45, 2.75) is 58.5 Å². The normalized spacial score (nSPS) is 20.3. The van der Waals surface area contributed by atoms with Gasteiger partial charge in [0.1, 0.15) is 5.75 Å². The number of nitrogens with one attached hydrogen (secondary N) is 1. The van der Waals surface area contributed by atoms with Gasteiger partial charge in [-0.2, -0.15) is 0 Å². The molecule has 2 heterocycles. The third-order valence-electron chi connectivity index (χ3n) is 7.53. The van der Waals surface area contributed by atoms with Gasteiger partial charge in [0, 0.05) is 56.9 Å². The number of methoxy groups -OCH3 is 1. The lowest BCUT2D eigenvalue weighted by Gasteiger charge is -2.49. The summed E-state index contributed by atoms with van der Waals surface area (Å²) in [4.78, 5) is 16.1. The van der Waals surface area contributed by atoms with E-state index in [1.165, 1.54) is 49.6 Å². The number of carbonyl (C=O) groups is 1. The molecule has 1 amide bonds. The fourth-order valence-electron chi connectivity index (χ4n) is 5.52. The molecule has 6 nitrogen and oxygen atoms in total. The Balaban J connectivity index is 1.43. The van der Waals surface area contributed by atoms with Gasteiger partial charge in [0.2, 0.25) is 5.91 Å². The largest absolute Gasteiger partial charge is 0.494 e. The van der Waals surface area contributed by atoms with Crippen LogP contribution >= 0.6 is 0 Å². The summed E-state index contributed by atoms with van der Waals surface area (Å²) in [6.45, 7) is 9.93. The summed E-state index contributed by atoms with van der Waals surface area (Å²) in [6, 6.07) is 10.4. The van der Waals surface area contributed by atoms with Crippen molar-refractivity contribution in [3.05, 3.63) is 52.8 Å². The third kappa shape index (κ3) is 5.72. The zero-order chi connectivity index (χ0) is 24.9. The molecule has 0 saturated carbocycles. The number of fused-ring (bicyclic) bond motifs is 1. The Bertz CT molecular complexity index is 1040. The molecule has 0 unspecified atom stereocenters. The van der Waals surface area contributed by atoms with Crippen LogP contribution in [0.5, 0.6) is 11.5 Å². The monoisotopic (exact) mass is 483 g/mol. The average Bonchev–Trinajstić information content (AvgIpc) is 2.86. The molecule has 2 fully saturated rings. The lowest BCUT2D eigenvalue weighted by molar-refractivity contribution is -0.118. The number of hydrogen-bond donors (Lipinski definition) is 1. The summed E-state index contributed by atoms with van der Waals surface area (Å²) < 4.78 is 25.1. The maximum Gasteiger partial charge on any atom is 0.216 e. The summed E-state index contributed by atoms with van der Waals surface area (Å²) in [6.07, 6.45) is 4.33. The van der Waals surface area contributed by atoms with Crippen LogP contribution < -0.4 is 19.7 Å². The number of carbonyl (C=O) groups excluding carboxylic acids is 1. The fraction of sp³-hybridized carbons (Fsp3) is 0.536. The van der Waals surface area contributed by atoms with Gasteiger partial charge in [-0.25, -0.2) is 4.39 Å². The highest BCUT2D eigenvalue weighted by molar-refractivity contribution is 5.72. The van der Waals surface area contributed by atoms with Crippen molar-refractivity contribution in [3.8, 4) is 11.5 Å². The van der Waals surface area contributed by atoms with Gasteiger partial charge >= 0.3 is 0 Å². The average molecular weight is 484 g/mol. The zero-order valence-electron chi connectivity index (χ0n) is 21.4. The van der Waals surface area contributed by atoms with Gasteiger partial charge in [-0.3, -0.25) is 9.69 Å². The summed E-state index contributed by atoms with van der Waals surface area (Å²) >= 11 is 0. The number of anilines is 1. The van der Waals surface area contributed by atoms with Gasteiger partial charge < -0.3 is 19.7 Å². The van der Waals surface area contributed by atoms with Crippen molar-refractivity contribution in [2.75, 3.05) is 44.8 Å². The van der Waals surface area contributed by atoms with Crippen LogP contribution in [0.3, 0.4) is 0 Å². The number of hydrogen-bond acceptors (Lipinski definition) is 5. The first-order chi connectivity index (χ1) is 16.9. The molecule has 0 aliphatic carbocycles. The number of piperazine rings is 1. The Morgan fingerprint density at radius 1 is 1.11 bits per heavy atom. The zero-order valence-corrected chi connectivity index (χ0v) is 21.4. The van der Waals surface area contributed by atoms with Crippen LogP contribution in [0, 0.1) is 19.7 Å². The van der Waals surface area contributed by atoms with Crippen LogP contribution in [0.2, 0.25) is 0 Å². The molecular weight excluding hydrogens is 445 g/mol. The number of piperidine rings is 1. The van der Waals surface area contributed by atoms with Crippen LogP contribution in [0.15, 0.2) is 30.3 Å². The highest BCUT2D eigenvalue weighted by atomic mass is 19.1. The van der Waals surface area contributed by atoms with Crippen molar-refractivity contribution < 1.29 is 18.7 Å². The smallest absolute Gasteiger partial charge is 0.216 e. The maximum atomic E-state index is 13.9. The molecule has 2 aromatic carbocycles. The van der Waals surface area contributed by atoms with E-state index in [2.05, 4.69) is 41.1 Å². The summed E-state index contributed by atoms with van der Waals surface area (Å²) in [5.41, 5.74) is 4.92. The van der Waals surface area contributed by atoms with Crippen LogP contribution in [0.25, 0.3) is 0 Å². The maximum absolute atomic E-state index is 13.9. The van der Waals surface area contributed by atoms with E-state index >= 15 is 0 Å². The Hall–Kier alpha value is -2.80. The third-order valence-corrected chi connectivity index (χ3v) is 7.53. The van der Waals surface area contributed by atoms with Gasteiger partial charge in [-0.05, 0) is 74.4 Å². The molecular formula is C28H38FN3O3. The number of benzene rings is 2. The Morgan fingerprint density at radius 3 is 2.71 bits per heavy atom. The number of nitrogens with zero attached hydrogens (tertiary/aromatic N) is 2. The summed E-state index contributed by atoms with van der Waals surface area (Å²) in [7, 11) is 1.51. The quantitative estimate of drug-likeness (QED) is 0.548. The Labute approximate surface area is 208 Å². The highest BCUT2D eigenvalue weighted by Gasteiger charge is 2.36. The molecule has 1 N–H and O–H groups in total. The van der Waals surface area contributed by atoms with E-state index < -0.39 is 0 Å². The first-order valence-electron chi connectivity index (χ1n) is 12.7. The molecule has 2 aromatic rings. The molecule has 7 heteroatoms. The predicted molar refractivity (Wildman–Crippen MR) is 137 cm³/mol. The number of rotatable bonds is 8. The van der Waals surface area contributed by atoms with Crippen LogP contribution in [0.1, 0.15) is 55.3 Å². The lowest BCUT2D eigenvalue weighted by Crippen LogP contribution is -2.56. The summed E-state index contributed by atoms with van der Waals surface area (Å²) in [5, 5.41) is 2.81. The first kappa shape index (κ1) is 25.3. The van der Waals surface area contributed by atoms with E-state index in [9.17, 15) is 9.18 Å². The van der Waals surface area contributed by atoms with Crippen molar-refractivity contribution in [1.82, 2.24) is 10.2 Å². The van der Waals surface area contributed by atoms with Crippen molar-refractivity contribution in [2.24, 2.45) is 0 Å². The van der Waals surface area contributed by atoms with E-state index in [1.807, 2.05) is 12.1 Å². The SMILES string of the molecule is COc1cc(N2CCN3[C@@H](CCC[C@@H]3c3ccc(OCCCNC(C)=O)c(C)c3C)C2)ccc1F. The van der Waals surface area contributed by atoms with Crippen molar-refractivity contribution in [3.63, 3.8) is 0 Å². The number of halogens is 1. The van der Waals surface area contributed by atoms with Gasteiger partial charge in [-0.15, -0.1) is 0 Å². The van der Waals surface area contributed by atoms with Gasteiger partial charge in [0.25, 0.3) is 0 Å². The Kier molecular flexibility index (Phi) is 8.16. The second kappa shape index (κ2) is 11.3. The molecule has 190 valence electrons. The number of ether oxygens (including phenoxy) is 2. The topological polar surface area (TPSA) is 54.0 Å². The van der Waals surface area contributed by atoms with E-state index in [0.29, 0.717) is 31.0 Å². The van der Waals surface area contributed by atoms with Gasteiger partial charge in [0.15, 0.2) is 11.6 Å². The van der Waals surface area contributed by atoms with Crippen LogP contribution in [-0.2, 0) is 4.79 Å². The molecule has 2 atom stereocenters. The van der Waals surface area contributed by atoms with E-state index in [4.69, 9.17) is 9.47 Å². The minimum Gasteiger partial charge on any atom is -0.494 e. The lowest BCUT2D eigenvalue weighted by atomic mass is 9.86. The van der Waals surface area contributed by atoms with Crippen molar-refractivity contribution in [1.29, 1.82) is 0 Å². The van der Waals surface area contributed by atoms with E-state index in [0.717, 1.165) is 43.9 Å². The minimum atomic E-state index is -0.321. The molecule has 4 rings (SSSR count). The fourth-order valence-corrected chi connectivity index (χ4v) is 5.52. The standard InChI is InChI=1S/C28H38FN3O3/c1-19-20(2)27(35-16-6-13-30-21(3)33)12-10-24(19)26-8-5-7-23-18-31(14-15-32(23)26)22-9-11-25(29)28(17-22)34-4/h9-12,17,23,26H,5-8,13-16,18H2,1-4H3,(H,30,33)/t23-,26+/m0/s1. The van der Waals surface area contributed by atoms with Gasteiger partial charge in [-0.1, -0.05) is 6.07 Å². The molecule has 35 heavy (non-hydrogen) atoms. The molecule has 0 spiro atoms. The number of amides is 1. The molecule has 0 bridgehead atoms. The molecule has 0 aromatic heterocycles. The molecule has 2 aliphatic rings. The van der Waals surface area contributed by atoms with Crippen LogP contribution in [-0.4, -0.2) is 56.7 Å². The first-order valence-corrected chi connectivity index (χ1v) is 12.7. The van der Waals surface area contributed by atoms with Crippen molar-refractivity contribution >= 4 is 11.6 Å².